The van der Waals surface area contributed by atoms with Crippen LogP contribution in [0.5, 0.6) is 0 Å². The molecule has 0 amide bonds. The standard InChI is InChI=1S/C14H18N6S.C2HF3O2/c1-9(15-7-11-8-16-10(2)20(11)3)13-17-14(19-18-13)12-5-4-6-21-12;3-2(4,5)1(6)7/h4-6,8-9,15H,7H2,1-3H3,(H,17,18,19);(H,6,7). The first kappa shape index (κ1) is 21.6. The lowest BCUT2D eigenvalue weighted by Gasteiger charge is -2.11. The molecule has 0 bridgehead atoms. The normalized spacial score (nSPS) is 12.4. The second-order valence-corrected chi connectivity index (χ2v) is 6.73. The van der Waals surface area contributed by atoms with Gasteiger partial charge in [-0.2, -0.15) is 18.3 Å². The van der Waals surface area contributed by atoms with Gasteiger partial charge in [-0.25, -0.2) is 14.8 Å². The van der Waals surface area contributed by atoms with Crippen molar-refractivity contribution in [3.63, 3.8) is 0 Å². The maximum absolute atomic E-state index is 10.6. The van der Waals surface area contributed by atoms with Gasteiger partial charge in [0, 0.05) is 19.8 Å². The summed E-state index contributed by atoms with van der Waals surface area (Å²) in [5.74, 6) is -0.145. The van der Waals surface area contributed by atoms with Gasteiger partial charge in [0.25, 0.3) is 0 Å². The van der Waals surface area contributed by atoms with E-state index in [1.54, 1.807) is 11.3 Å². The minimum Gasteiger partial charge on any atom is -0.475 e. The number of aromatic nitrogens is 5. The molecule has 0 aliphatic carbocycles. The minimum absolute atomic E-state index is 0.0985. The first-order chi connectivity index (χ1) is 13.1. The van der Waals surface area contributed by atoms with Crippen LogP contribution < -0.4 is 5.32 Å². The van der Waals surface area contributed by atoms with Gasteiger partial charge in [-0.3, -0.25) is 5.10 Å². The summed E-state index contributed by atoms with van der Waals surface area (Å²) in [6, 6.07) is 4.12. The number of hydrogen-bond donors (Lipinski definition) is 3. The molecule has 0 aliphatic heterocycles. The number of rotatable bonds is 5. The molecule has 152 valence electrons. The number of thiophene rings is 1. The van der Waals surface area contributed by atoms with E-state index >= 15 is 0 Å². The average molecular weight is 416 g/mol. The molecule has 1 unspecified atom stereocenters. The number of imidazole rings is 1. The van der Waals surface area contributed by atoms with Crippen molar-refractivity contribution in [1.29, 1.82) is 0 Å². The first-order valence-corrected chi connectivity index (χ1v) is 8.94. The van der Waals surface area contributed by atoms with E-state index < -0.39 is 12.1 Å². The Morgan fingerprint density at radius 3 is 2.64 bits per heavy atom. The van der Waals surface area contributed by atoms with Gasteiger partial charge in [-0.1, -0.05) is 6.07 Å². The molecule has 28 heavy (non-hydrogen) atoms. The van der Waals surface area contributed by atoms with Crippen LogP contribution in [0.25, 0.3) is 10.7 Å². The average Bonchev–Trinajstić information content (AvgIpc) is 3.35. The lowest BCUT2D eigenvalue weighted by Crippen LogP contribution is -2.21. The number of H-pyrrole nitrogens is 1. The SMILES string of the molecule is Cc1ncc(CNC(C)c2nc(-c3cccs3)n[nH]2)n1C.O=C(O)C(F)(F)F. The van der Waals surface area contributed by atoms with Crippen molar-refractivity contribution in [3.8, 4) is 10.7 Å². The molecule has 8 nitrogen and oxygen atoms in total. The topological polar surface area (TPSA) is 109 Å². The quantitative estimate of drug-likeness (QED) is 0.590. The second kappa shape index (κ2) is 8.97. The van der Waals surface area contributed by atoms with Gasteiger partial charge >= 0.3 is 12.1 Å². The van der Waals surface area contributed by atoms with Crippen LogP contribution in [-0.4, -0.2) is 42.0 Å². The van der Waals surface area contributed by atoms with Crippen LogP contribution in [0.3, 0.4) is 0 Å². The first-order valence-electron chi connectivity index (χ1n) is 8.06. The molecule has 3 heterocycles. The third-order valence-electron chi connectivity index (χ3n) is 3.80. The van der Waals surface area contributed by atoms with Crippen LogP contribution in [0, 0.1) is 6.92 Å². The summed E-state index contributed by atoms with van der Waals surface area (Å²) in [6.07, 6.45) is -3.19. The number of aliphatic carboxylic acids is 1. The highest BCUT2D eigenvalue weighted by Crippen LogP contribution is 2.21. The molecule has 3 aromatic heterocycles. The number of aryl methyl sites for hydroxylation is 1. The highest BCUT2D eigenvalue weighted by molar-refractivity contribution is 7.13. The number of aromatic amines is 1. The number of hydrogen-bond acceptors (Lipinski definition) is 6. The molecule has 1 atom stereocenters. The Kier molecular flexibility index (Phi) is 6.91. The smallest absolute Gasteiger partial charge is 0.475 e. The Bertz CT molecular complexity index is 904. The second-order valence-electron chi connectivity index (χ2n) is 5.78. The van der Waals surface area contributed by atoms with Crippen molar-refractivity contribution in [3.05, 3.63) is 41.1 Å². The van der Waals surface area contributed by atoms with Gasteiger partial charge in [-0.05, 0) is 25.3 Å². The molecular formula is C16H19F3N6O2S. The van der Waals surface area contributed by atoms with E-state index in [4.69, 9.17) is 9.90 Å². The lowest BCUT2D eigenvalue weighted by atomic mass is 10.3. The molecule has 0 aromatic carbocycles. The molecule has 0 saturated carbocycles. The molecule has 0 saturated heterocycles. The van der Waals surface area contributed by atoms with Gasteiger partial charge in [0.15, 0.2) is 5.82 Å². The summed E-state index contributed by atoms with van der Waals surface area (Å²) in [6.45, 7) is 4.81. The van der Waals surface area contributed by atoms with Gasteiger partial charge in [0.1, 0.15) is 11.6 Å². The number of carboxylic acids is 1. The van der Waals surface area contributed by atoms with Crippen molar-refractivity contribution < 1.29 is 23.1 Å². The Labute approximate surface area is 162 Å². The van der Waals surface area contributed by atoms with Crippen molar-refractivity contribution in [2.24, 2.45) is 7.05 Å². The number of nitrogens with one attached hydrogen (secondary N) is 2. The van der Waals surface area contributed by atoms with Crippen molar-refractivity contribution in [2.75, 3.05) is 0 Å². The monoisotopic (exact) mass is 416 g/mol. The summed E-state index contributed by atoms with van der Waals surface area (Å²) in [7, 11) is 2.02. The largest absolute Gasteiger partial charge is 0.490 e. The van der Waals surface area contributed by atoms with Gasteiger partial charge in [0.2, 0.25) is 0 Å². The number of carboxylic acid groups (broad SMARTS) is 1. The van der Waals surface area contributed by atoms with E-state index in [1.807, 2.05) is 37.7 Å². The van der Waals surface area contributed by atoms with Crippen LogP contribution >= 0.6 is 11.3 Å². The summed E-state index contributed by atoms with van der Waals surface area (Å²) in [5.41, 5.74) is 1.15. The van der Waals surface area contributed by atoms with Crippen LogP contribution in [-0.2, 0) is 18.4 Å². The van der Waals surface area contributed by atoms with Crippen molar-refractivity contribution >= 4 is 17.3 Å². The zero-order valence-electron chi connectivity index (χ0n) is 15.3. The zero-order chi connectivity index (χ0) is 20.9. The van der Waals surface area contributed by atoms with E-state index in [0.717, 1.165) is 34.6 Å². The molecule has 0 fully saturated rings. The Hall–Kier alpha value is -2.73. The maximum Gasteiger partial charge on any atom is 0.490 e. The Balaban J connectivity index is 0.000000345. The fourth-order valence-electron chi connectivity index (χ4n) is 2.05. The molecular weight excluding hydrogens is 397 g/mol. The maximum atomic E-state index is 10.6. The fraction of sp³-hybridized carbons (Fsp3) is 0.375. The van der Waals surface area contributed by atoms with Crippen molar-refractivity contribution in [1.82, 2.24) is 30.0 Å². The van der Waals surface area contributed by atoms with Crippen LogP contribution in [0.1, 0.15) is 30.3 Å². The number of carbonyl (C=O) groups is 1. The van der Waals surface area contributed by atoms with E-state index in [1.165, 1.54) is 0 Å². The summed E-state index contributed by atoms with van der Waals surface area (Å²) in [5, 5.41) is 19.9. The predicted molar refractivity (Wildman–Crippen MR) is 96.6 cm³/mol. The third-order valence-corrected chi connectivity index (χ3v) is 4.67. The van der Waals surface area contributed by atoms with E-state index in [2.05, 4.69) is 37.0 Å². The number of alkyl halides is 3. The van der Waals surface area contributed by atoms with Gasteiger partial charge < -0.3 is 15.0 Å². The van der Waals surface area contributed by atoms with E-state index in [0.29, 0.717) is 0 Å². The van der Waals surface area contributed by atoms with Gasteiger partial charge in [0.05, 0.1) is 16.6 Å². The van der Waals surface area contributed by atoms with Crippen LogP contribution in [0.2, 0.25) is 0 Å². The molecule has 3 rings (SSSR count). The molecule has 0 radical (unpaired) electrons. The summed E-state index contributed by atoms with van der Waals surface area (Å²) >= 11 is 1.64. The predicted octanol–water partition coefficient (Wildman–Crippen LogP) is 3.06. The molecule has 0 spiro atoms. The Morgan fingerprint density at radius 1 is 1.46 bits per heavy atom. The van der Waals surface area contributed by atoms with E-state index in [9.17, 15) is 13.2 Å². The molecule has 0 aliphatic rings. The fourth-order valence-corrected chi connectivity index (χ4v) is 2.71. The van der Waals surface area contributed by atoms with Crippen LogP contribution in [0.4, 0.5) is 13.2 Å². The third kappa shape index (κ3) is 5.63. The van der Waals surface area contributed by atoms with Crippen molar-refractivity contribution in [2.45, 2.75) is 32.6 Å². The molecule has 3 N–H and O–H groups in total. The summed E-state index contributed by atoms with van der Waals surface area (Å²) < 4.78 is 33.8. The Morgan fingerprint density at radius 2 is 2.14 bits per heavy atom. The highest BCUT2D eigenvalue weighted by Gasteiger charge is 2.38. The summed E-state index contributed by atoms with van der Waals surface area (Å²) in [4.78, 5) is 18.8. The highest BCUT2D eigenvalue weighted by atomic mass is 32.1. The number of nitrogens with zero attached hydrogens (tertiary/aromatic N) is 4. The lowest BCUT2D eigenvalue weighted by molar-refractivity contribution is -0.192. The molecule has 12 heteroatoms. The number of halogens is 3. The minimum atomic E-state index is -5.08. The molecule has 3 aromatic rings. The van der Waals surface area contributed by atoms with Gasteiger partial charge in [-0.15, -0.1) is 11.3 Å². The van der Waals surface area contributed by atoms with Crippen LogP contribution in [0.15, 0.2) is 23.7 Å². The zero-order valence-corrected chi connectivity index (χ0v) is 16.1. The van der Waals surface area contributed by atoms with E-state index in [-0.39, 0.29) is 6.04 Å².